The lowest BCUT2D eigenvalue weighted by Gasteiger charge is -2.18. The van der Waals surface area contributed by atoms with E-state index in [9.17, 15) is 4.79 Å². The molecular weight excluding hydrogens is 358 g/mol. The molecule has 1 fully saturated rings. The van der Waals surface area contributed by atoms with E-state index in [-0.39, 0.29) is 10.7 Å². The Hall–Kier alpha value is -0.870. The smallest absolute Gasteiger partial charge is 0.228 e. The maximum Gasteiger partial charge on any atom is 0.228 e. The molecule has 0 aromatic heterocycles. The van der Waals surface area contributed by atoms with Gasteiger partial charge in [0.1, 0.15) is 0 Å². The number of fused-ring (bicyclic) bond motifs is 1. The highest BCUT2D eigenvalue weighted by molar-refractivity contribution is 9.10. The molecule has 2 aromatic rings. The van der Waals surface area contributed by atoms with Crippen LogP contribution in [0.5, 0.6) is 0 Å². The zero-order valence-electron chi connectivity index (χ0n) is 9.57. The molecule has 2 aromatic carbocycles. The Labute approximate surface area is 122 Å². The predicted molar refractivity (Wildman–Crippen MR) is 81.3 cm³/mol. The van der Waals surface area contributed by atoms with E-state index >= 15 is 0 Å². The van der Waals surface area contributed by atoms with E-state index in [0.29, 0.717) is 6.42 Å². The van der Waals surface area contributed by atoms with Crippen molar-refractivity contribution in [3.8, 4) is 0 Å². The van der Waals surface area contributed by atoms with E-state index in [1.54, 1.807) is 0 Å². The van der Waals surface area contributed by atoms with Crippen molar-refractivity contribution < 1.29 is 4.79 Å². The first kappa shape index (κ1) is 12.2. The number of carbonyl (C=O) groups is 1. The van der Waals surface area contributed by atoms with Gasteiger partial charge < -0.3 is 4.90 Å². The largest absolute Gasteiger partial charge is 0.311 e. The SMILES string of the molecule is O=C1CC(Br)CN1c1cccc2c(Br)cccc12. The average molecular weight is 369 g/mol. The molecule has 0 saturated carbocycles. The minimum atomic E-state index is 0.185. The molecule has 0 bridgehead atoms. The molecule has 1 saturated heterocycles. The maximum atomic E-state index is 12.0. The van der Waals surface area contributed by atoms with Crippen molar-refractivity contribution in [1.29, 1.82) is 0 Å². The van der Waals surface area contributed by atoms with Gasteiger partial charge in [-0.3, -0.25) is 4.79 Å². The van der Waals surface area contributed by atoms with Gasteiger partial charge in [0.05, 0.1) is 5.69 Å². The highest BCUT2D eigenvalue weighted by Crippen LogP contribution is 2.34. The Kier molecular flexibility index (Phi) is 3.16. The van der Waals surface area contributed by atoms with E-state index in [4.69, 9.17) is 0 Å². The summed E-state index contributed by atoms with van der Waals surface area (Å²) < 4.78 is 1.06. The fraction of sp³-hybridized carbons (Fsp3) is 0.214. The molecule has 1 heterocycles. The number of alkyl halides is 1. The summed E-state index contributed by atoms with van der Waals surface area (Å²) in [5.41, 5.74) is 1.00. The number of rotatable bonds is 1. The Balaban J connectivity index is 2.18. The summed E-state index contributed by atoms with van der Waals surface area (Å²) in [6.45, 7) is 0.741. The van der Waals surface area contributed by atoms with Crippen LogP contribution < -0.4 is 4.90 Å². The number of hydrogen-bond donors (Lipinski definition) is 0. The van der Waals surface area contributed by atoms with Gasteiger partial charge in [-0.25, -0.2) is 0 Å². The van der Waals surface area contributed by atoms with Crippen LogP contribution >= 0.6 is 31.9 Å². The van der Waals surface area contributed by atoms with E-state index in [1.807, 2.05) is 29.2 Å². The van der Waals surface area contributed by atoms with Gasteiger partial charge in [0.15, 0.2) is 0 Å². The molecule has 3 rings (SSSR count). The Morgan fingerprint density at radius 1 is 1.11 bits per heavy atom. The number of anilines is 1. The summed E-state index contributed by atoms with van der Waals surface area (Å²) in [7, 11) is 0. The number of hydrogen-bond acceptors (Lipinski definition) is 1. The predicted octanol–water partition coefficient (Wildman–Crippen LogP) is 4.10. The molecule has 1 amide bonds. The molecule has 1 atom stereocenters. The second-order valence-electron chi connectivity index (χ2n) is 4.42. The third-order valence-electron chi connectivity index (χ3n) is 3.21. The van der Waals surface area contributed by atoms with Gasteiger partial charge in [-0.15, -0.1) is 0 Å². The van der Waals surface area contributed by atoms with Gasteiger partial charge in [-0.05, 0) is 17.5 Å². The normalized spacial score (nSPS) is 19.8. The molecule has 1 aliphatic heterocycles. The first-order chi connectivity index (χ1) is 8.66. The van der Waals surface area contributed by atoms with Gasteiger partial charge in [-0.2, -0.15) is 0 Å². The number of benzene rings is 2. The molecule has 2 nitrogen and oxygen atoms in total. The fourth-order valence-corrected chi connectivity index (χ4v) is 3.45. The molecule has 4 heteroatoms. The van der Waals surface area contributed by atoms with Crippen molar-refractivity contribution in [2.75, 3.05) is 11.4 Å². The van der Waals surface area contributed by atoms with Crippen LogP contribution in [0.1, 0.15) is 6.42 Å². The quantitative estimate of drug-likeness (QED) is 0.694. The van der Waals surface area contributed by atoms with Crippen molar-refractivity contribution in [2.24, 2.45) is 0 Å². The highest BCUT2D eigenvalue weighted by atomic mass is 79.9. The van der Waals surface area contributed by atoms with Crippen molar-refractivity contribution in [3.63, 3.8) is 0 Å². The van der Waals surface area contributed by atoms with Crippen LogP contribution in [0.15, 0.2) is 40.9 Å². The first-order valence-corrected chi connectivity index (χ1v) is 7.49. The van der Waals surface area contributed by atoms with Crippen LogP contribution in [-0.4, -0.2) is 17.3 Å². The van der Waals surface area contributed by atoms with Gasteiger partial charge >= 0.3 is 0 Å². The van der Waals surface area contributed by atoms with E-state index in [1.165, 1.54) is 0 Å². The van der Waals surface area contributed by atoms with Crippen LogP contribution in [0, 0.1) is 0 Å². The van der Waals surface area contributed by atoms with Crippen molar-refractivity contribution >= 4 is 54.2 Å². The lowest BCUT2D eigenvalue weighted by atomic mass is 10.1. The monoisotopic (exact) mass is 367 g/mol. The summed E-state index contributed by atoms with van der Waals surface area (Å²) in [6, 6.07) is 12.2. The number of amides is 1. The van der Waals surface area contributed by atoms with Crippen LogP contribution in [0.3, 0.4) is 0 Å². The molecule has 0 N–H and O–H groups in total. The molecule has 1 unspecified atom stereocenters. The third kappa shape index (κ3) is 1.97. The molecule has 1 aliphatic rings. The number of halogens is 2. The van der Waals surface area contributed by atoms with Crippen LogP contribution in [-0.2, 0) is 4.79 Å². The Morgan fingerprint density at radius 2 is 1.83 bits per heavy atom. The van der Waals surface area contributed by atoms with Gasteiger partial charge in [0.25, 0.3) is 0 Å². The van der Waals surface area contributed by atoms with E-state index < -0.39 is 0 Å². The minimum absolute atomic E-state index is 0.185. The van der Waals surface area contributed by atoms with Crippen molar-refractivity contribution in [1.82, 2.24) is 0 Å². The lowest BCUT2D eigenvalue weighted by Crippen LogP contribution is -2.24. The average Bonchev–Trinajstić information content (AvgIpc) is 2.68. The highest BCUT2D eigenvalue weighted by Gasteiger charge is 2.29. The molecule has 18 heavy (non-hydrogen) atoms. The van der Waals surface area contributed by atoms with E-state index in [0.717, 1.165) is 27.5 Å². The second kappa shape index (κ2) is 4.67. The van der Waals surface area contributed by atoms with Crippen LogP contribution in [0.25, 0.3) is 10.8 Å². The summed E-state index contributed by atoms with van der Waals surface area (Å²) in [4.78, 5) is 14.1. The zero-order chi connectivity index (χ0) is 12.7. The van der Waals surface area contributed by atoms with Crippen LogP contribution in [0.2, 0.25) is 0 Å². The second-order valence-corrected chi connectivity index (χ2v) is 6.57. The third-order valence-corrected chi connectivity index (χ3v) is 4.52. The summed E-state index contributed by atoms with van der Waals surface area (Å²) in [6.07, 6.45) is 0.574. The molecule has 0 aliphatic carbocycles. The van der Waals surface area contributed by atoms with E-state index in [2.05, 4.69) is 44.0 Å². The van der Waals surface area contributed by atoms with Crippen molar-refractivity contribution in [3.05, 3.63) is 40.9 Å². The van der Waals surface area contributed by atoms with Crippen LogP contribution in [0.4, 0.5) is 5.69 Å². The van der Waals surface area contributed by atoms with Crippen molar-refractivity contribution in [2.45, 2.75) is 11.2 Å². The number of nitrogens with zero attached hydrogens (tertiary/aromatic N) is 1. The first-order valence-electron chi connectivity index (χ1n) is 5.78. The summed E-state index contributed by atoms with van der Waals surface area (Å²) in [5, 5.41) is 2.25. The summed E-state index contributed by atoms with van der Waals surface area (Å²) >= 11 is 7.08. The topological polar surface area (TPSA) is 20.3 Å². The molecule has 0 radical (unpaired) electrons. The van der Waals surface area contributed by atoms with Gasteiger partial charge in [0.2, 0.25) is 5.91 Å². The standard InChI is InChI=1S/C14H11Br2NO/c15-9-7-14(18)17(8-9)13-6-2-3-10-11(13)4-1-5-12(10)16/h1-6,9H,7-8H2. The molecule has 0 spiro atoms. The molecule has 92 valence electrons. The fourth-order valence-electron chi connectivity index (χ4n) is 2.39. The Morgan fingerprint density at radius 3 is 2.56 bits per heavy atom. The maximum absolute atomic E-state index is 12.0. The molecular formula is C14H11Br2NO. The van der Waals surface area contributed by atoms with Gasteiger partial charge in [-0.1, -0.05) is 56.1 Å². The summed E-state index contributed by atoms with van der Waals surface area (Å²) in [5.74, 6) is 0.185. The zero-order valence-corrected chi connectivity index (χ0v) is 12.7. The van der Waals surface area contributed by atoms with Gasteiger partial charge in [0, 0.05) is 27.7 Å². The lowest BCUT2D eigenvalue weighted by molar-refractivity contribution is -0.117. The Bertz CT molecular complexity index is 626. The minimum Gasteiger partial charge on any atom is -0.311 e. The number of carbonyl (C=O) groups excluding carboxylic acids is 1.